The second kappa shape index (κ2) is 6.73. The standard InChI is InChI=1S/C6H12O9S.Na/c7-3-2(1-14-16(11,12)13)15-6(10)5(9)4(3)8;/h2-10H,1H2,(H,11,12,13);/q;+1/p-1/t2-,3-,4+,5+,6?;/m1./s1. The molecule has 1 fully saturated rings. The Balaban J connectivity index is 0.00000256. The molecule has 5 atom stereocenters. The van der Waals surface area contributed by atoms with Crippen LogP contribution in [0.15, 0.2) is 0 Å². The Hall–Kier alpha value is 0.670. The summed E-state index contributed by atoms with van der Waals surface area (Å²) in [5, 5.41) is 36.6. The van der Waals surface area contributed by atoms with Gasteiger partial charge in [0.15, 0.2) is 6.29 Å². The Kier molecular flexibility index (Phi) is 6.99. The maximum absolute atomic E-state index is 10.1. The molecule has 1 saturated heterocycles. The molecule has 0 amide bonds. The van der Waals surface area contributed by atoms with Crippen molar-refractivity contribution in [3.05, 3.63) is 0 Å². The minimum atomic E-state index is -4.96. The second-order valence-corrected chi connectivity index (χ2v) is 4.28. The van der Waals surface area contributed by atoms with Crippen LogP contribution in [-0.2, 0) is 19.3 Å². The van der Waals surface area contributed by atoms with Gasteiger partial charge in [0, 0.05) is 0 Å². The van der Waals surface area contributed by atoms with Gasteiger partial charge in [-0.3, -0.25) is 4.18 Å². The van der Waals surface area contributed by atoms with Crippen molar-refractivity contribution < 1.29 is 71.9 Å². The zero-order valence-corrected chi connectivity index (χ0v) is 11.6. The summed E-state index contributed by atoms with van der Waals surface area (Å²) in [4.78, 5) is 0. The quantitative estimate of drug-likeness (QED) is 0.224. The zero-order chi connectivity index (χ0) is 12.5. The van der Waals surface area contributed by atoms with Gasteiger partial charge in [-0.05, 0) is 0 Å². The third-order valence-corrected chi connectivity index (χ3v) is 2.49. The van der Waals surface area contributed by atoms with Crippen LogP contribution in [0.1, 0.15) is 0 Å². The Bertz CT molecular complexity index is 332. The molecule has 17 heavy (non-hydrogen) atoms. The first-order chi connectivity index (χ1) is 7.22. The largest absolute Gasteiger partial charge is 1.00 e. The smallest absolute Gasteiger partial charge is 0.726 e. The fourth-order valence-electron chi connectivity index (χ4n) is 1.22. The minimum Gasteiger partial charge on any atom is -0.726 e. The third kappa shape index (κ3) is 5.04. The van der Waals surface area contributed by atoms with Gasteiger partial charge < -0.3 is 29.7 Å². The van der Waals surface area contributed by atoms with Crippen LogP contribution in [0.5, 0.6) is 0 Å². The normalized spacial score (nSPS) is 38.5. The van der Waals surface area contributed by atoms with E-state index in [1.807, 2.05) is 0 Å². The summed E-state index contributed by atoms with van der Waals surface area (Å²) in [5.41, 5.74) is 0. The summed E-state index contributed by atoms with van der Waals surface area (Å²) in [6, 6.07) is 0. The van der Waals surface area contributed by atoms with Crippen LogP contribution in [-0.4, -0.2) is 70.7 Å². The van der Waals surface area contributed by atoms with E-state index in [0.29, 0.717) is 0 Å². The first kappa shape index (κ1) is 17.7. The molecule has 4 N–H and O–H groups in total. The predicted molar refractivity (Wildman–Crippen MR) is 44.5 cm³/mol. The maximum atomic E-state index is 10.1. The first-order valence-electron chi connectivity index (χ1n) is 4.20. The molecule has 1 heterocycles. The molecule has 0 aromatic rings. The van der Waals surface area contributed by atoms with Gasteiger partial charge in [-0.25, -0.2) is 8.42 Å². The molecule has 11 heteroatoms. The summed E-state index contributed by atoms with van der Waals surface area (Å²) in [6.07, 6.45) is -8.37. The Labute approximate surface area is 119 Å². The number of hydrogen-bond acceptors (Lipinski definition) is 9. The second-order valence-electron chi connectivity index (χ2n) is 3.23. The molecule has 9 nitrogen and oxygen atoms in total. The molecule has 0 aromatic heterocycles. The fraction of sp³-hybridized carbons (Fsp3) is 1.00. The van der Waals surface area contributed by atoms with Crippen LogP contribution in [0.4, 0.5) is 0 Å². The number of aliphatic hydroxyl groups is 4. The fourth-order valence-corrected chi connectivity index (χ4v) is 1.52. The zero-order valence-electron chi connectivity index (χ0n) is 8.83. The van der Waals surface area contributed by atoms with E-state index < -0.39 is 47.7 Å². The van der Waals surface area contributed by atoms with Gasteiger partial charge in [0.05, 0.1) is 6.61 Å². The van der Waals surface area contributed by atoms with Crippen LogP contribution in [0.3, 0.4) is 0 Å². The Morgan fingerprint density at radius 3 is 2.12 bits per heavy atom. The van der Waals surface area contributed by atoms with E-state index in [1.54, 1.807) is 0 Å². The van der Waals surface area contributed by atoms with E-state index >= 15 is 0 Å². The SMILES string of the molecule is O=S(=O)([O-])OC[C@H]1OC(O)[C@@H](O)[C@@H](O)[C@@H]1O.[Na+]. The number of aliphatic hydroxyl groups excluding tert-OH is 4. The van der Waals surface area contributed by atoms with Crippen molar-refractivity contribution in [3.8, 4) is 0 Å². The van der Waals surface area contributed by atoms with Gasteiger partial charge in [0.1, 0.15) is 24.4 Å². The van der Waals surface area contributed by atoms with Crippen molar-refractivity contribution in [1.29, 1.82) is 0 Å². The van der Waals surface area contributed by atoms with Crippen LogP contribution in [0, 0.1) is 0 Å². The van der Waals surface area contributed by atoms with E-state index in [2.05, 4.69) is 8.92 Å². The average Bonchev–Trinajstić information content (AvgIpc) is 2.17. The van der Waals surface area contributed by atoms with E-state index in [-0.39, 0.29) is 29.6 Å². The molecule has 0 spiro atoms. The van der Waals surface area contributed by atoms with Gasteiger partial charge in [-0.15, -0.1) is 0 Å². The molecule has 0 radical (unpaired) electrons. The molecule has 0 aromatic carbocycles. The van der Waals surface area contributed by atoms with Crippen molar-refractivity contribution >= 4 is 10.4 Å². The van der Waals surface area contributed by atoms with E-state index in [0.717, 1.165) is 0 Å². The van der Waals surface area contributed by atoms with E-state index in [1.165, 1.54) is 0 Å². The maximum Gasteiger partial charge on any atom is 1.00 e. The molecule has 1 aliphatic rings. The van der Waals surface area contributed by atoms with Crippen LogP contribution < -0.4 is 29.6 Å². The van der Waals surface area contributed by atoms with Crippen LogP contribution in [0.2, 0.25) is 0 Å². The summed E-state index contributed by atoms with van der Waals surface area (Å²) in [7, 11) is -4.96. The van der Waals surface area contributed by atoms with Crippen molar-refractivity contribution in [2.45, 2.75) is 30.7 Å². The molecule has 96 valence electrons. The van der Waals surface area contributed by atoms with Gasteiger partial charge in [0.25, 0.3) is 0 Å². The summed E-state index contributed by atoms with van der Waals surface area (Å²) in [6.45, 7) is -0.867. The molecule has 0 saturated carbocycles. The minimum absolute atomic E-state index is 0. The van der Waals surface area contributed by atoms with Crippen molar-refractivity contribution in [2.24, 2.45) is 0 Å². The first-order valence-corrected chi connectivity index (χ1v) is 5.53. The number of rotatable bonds is 3. The Morgan fingerprint density at radius 1 is 1.12 bits per heavy atom. The topological polar surface area (TPSA) is 157 Å². The van der Waals surface area contributed by atoms with Gasteiger partial charge in [0.2, 0.25) is 10.4 Å². The number of ether oxygens (including phenoxy) is 1. The van der Waals surface area contributed by atoms with Crippen LogP contribution in [0.25, 0.3) is 0 Å². The summed E-state index contributed by atoms with van der Waals surface area (Å²) < 4.78 is 38.7. The molecular weight excluding hydrogens is 271 g/mol. The monoisotopic (exact) mass is 282 g/mol. The van der Waals surface area contributed by atoms with Gasteiger partial charge in [-0.2, -0.15) is 0 Å². The molecule has 1 unspecified atom stereocenters. The Morgan fingerprint density at radius 2 is 1.65 bits per heavy atom. The summed E-state index contributed by atoms with van der Waals surface area (Å²) >= 11 is 0. The molecule has 0 bridgehead atoms. The van der Waals surface area contributed by atoms with Crippen LogP contribution >= 0.6 is 0 Å². The predicted octanol–water partition coefficient (Wildman–Crippen LogP) is -6.73. The van der Waals surface area contributed by atoms with Crippen molar-refractivity contribution in [2.75, 3.05) is 6.61 Å². The van der Waals surface area contributed by atoms with E-state index in [4.69, 9.17) is 10.2 Å². The van der Waals surface area contributed by atoms with E-state index in [9.17, 15) is 23.2 Å². The molecule has 1 rings (SSSR count). The van der Waals surface area contributed by atoms with Crippen molar-refractivity contribution in [3.63, 3.8) is 0 Å². The van der Waals surface area contributed by atoms with Gasteiger partial charge >= 0.3 is 29.6 Å². The molecule has 1 aliphatic heterocycles. The molecule has 0 aliphatic carbocycles. The average molecular weight is 282 g/mol. The number of hydrogen-bond donors (Lipinski definition) is 4. The molecular formula is C6H11NaO9S. The van der Waals surface area contributed by atoms with Crippen molar-refractivity contribution in [1.82, 2.24) is 0 Å². The summed E-state index contributed by atoms with van der Waals surface area (Å²) in [5.74, 6) is 0. The van der Waals surface area contributed by atoms with Gasteiger partial charge in [-0.1, -0.05) is 0 Å². The third-order valence-electron chi connectivity index (χ3n) is 2.06.